The Morgan fingerprint density at radius 2 is 2.46 bits per heavy atom. The Kier molecular flexibility index (Phi) is 3.06. The minimum Gasteiger partial charge on any atom is -0.350 e. The average Bonchev–Trinajstić information content (AvgIpc) is 2.47. The number of amides is 2. The lowest BCUT2D eigenvalue weighted by atomic mass is 10.1. The number of carbonyl (C=O) groups is 1. The van der Waals surface area contributed by atoms with Crippen molar-refractivity contribution in [2.45, 2.75) is 26.7 Å². The fourth-order valence-electron chi connectivity index (χ4n) is 1.41. The molecule has 13 heavy (non-hydrogen) atoms. The quantitative estimate of drug-likeness (QED) is 0.490. The molecule has 4 nitrogen and oxygen atoms in total. The van der Waals surface area contributed by atoms with E-state index < -0.39 is 6.03 Å². The van der Waals surface area contributed by atoms with Crippen molar-refractivity contribution < 1.29 is 4.79 Å². The van der Waals surface area contributed by atoms with Crippen LogP contribution >= 0.6 is 0 Å². The first-order valence-corrected chi connectivity index (χ1v) is 4.40. The molecule has 0 bridgehead atoms. The summed E-state index contributed by atoms with van der Waals surface area (Å²) in [6, 6.07) is -0.619. The van der Waals surface area contributed by atoms with Crippen molar-refractivity contribution >= 4 is 11.7 Å². The largest absolute Gasteiger partial charge is 0.350 e. The van der Waals surface area contributed by atoms with Crippen LogP contribution in [0.2, 0.25) is 0 Å². The molecule has 0 aliphatic heterocycles. The third-order valence-electron chi connectivity index (χ3n) is 2.15. The summed E-state index contributed by atoms with van der Waals surface area (Å²) in [5, 5.41) is 3.86. The second-order valence-corrected chi connectivity index (χ2v) is 3.38. The predicted octanol–water partition coefficient (Wildman–Crippen LogP) is 1.39. The topological polar surface area (TPSA) is 67.5 Å². The van der Waals surface area contributed by atoms with Crippen LogP contribution < -0.4 is 11.2 Å². The van der Waals surface area contributed by atoms with E-state index in [1.54, 1.807) is 0 Å². The van der Waals surface area contributed by atoms with E-state index in [1.807, 2.05) is 6.92 Å². The summed E-state index contributed by atoms with van der Waals surface area (Å²) in [6.45, 7) is 4.04. The molecule has 4 heteroatoms. The molecule has 0 aromatic carbocycles. The van der Waals surface area contributed by atoms with Crippen LogP contribution in [0.25, 0.3) is 0 Å². The first-order valence-electron chi connectivity index (χ1n) is 4.40. The van der Waals surface area contributed by atoms with E-state index in [4.69, 9.17) is 5.73 Å². The van der Waals surface area contributed by atoms with Gasteiger partial charge >= 0.3 is 6.03 Å². The van der Waals surface area contributed by atoms with Gasteiger partial charge in [0.05, 0.1) is 5.71 Å². The van der Waals surface area contributed by atoms with Crippen molar-refractivity contribution in [1.82, 2.24) is 5.43 Å². The molecule has 0 aromatic heterocycles. The minimum absolute atomic E-state index is 0.619. The SMILES string of the molecule is C/C(=N\NC(N)=O)C1=C[C@@H](C)CC1. The maximum Gasteiger partial charge on any atom is 0.332 e. The van der Waals surface area contributed by atoms with Gasteiger partial charge in [0, 0.05) is 0 Å². The van der Waals surface area contributed by atoms with Gasteiger partial charge in [0.1, 0.15) is 0 Å². The van der Waals surface area contributed by atoms with Gasteiger partial charge in [-0.2, -0.15) is 5.10 Å². The number of hydrazone groups is 1. The van der Waals surface area contributed by atoms with Crippen LogP contribution in [0.5, 0.6) is 0 Å². The molecule has 72 valence electrons. The summed E-state index contributed by atoms with van der Waals surface area (Å²) in [4.78, 5) is 10.4. The van der Waals surface area contributed by atoms with E-state index in [0.29, 0.717) is 5.92 Å². The van der Waals surface area contributed by atoms with Crippen LogP contribution in [0, 0.1) is 5.92 Å². The van der Waals surface area contributed by atoms with Gasteiger partial charge in [0.15, 0.2) is 0 Å². The molecule has 0 spiro atoms. The summed E-state index contributed by atoms with van der Waals surface area (Å²) < 4.78 is 0. The lowest BCUT2D eigenvalue weighted by molar-refractivity contribution is 0.249. The van der Waals surface area contributed by atoms with Crippen molar-refractivity contribution in [3.8, 4) is 0 Å². The summed E-state index contributed by atoms with van der Waals surface area (Å²) >= 11 is 0. The third-order valence-corrected chi connectivity index (χ3v) is 2.15. The Morgan fingerprint density at radius 1 is 1.77 bits per heavy atom. The molecule has 1 atom stereocenters. The van der Waals surface area contributed by atoms with Gasteiger partial charge in [-0.25, -0.2) is 10.2 Å². The highest BCUT2D eigenvalue weighted by Gasteiger charge is 2.13. The van der Waals surface area contributed by atoms with Gasteiger partial charge in [-0.15, -0.1) is 0 Å². The van der Waals surface area contributed by atoms with Gasteiger partial charge in [-0.3, -0.25) is 0 Å². The number of urea groups is 1. The van der Waals surface area contributed by atoms with Crippen LogP contribution in [0.1, 0.15) is 26.7 Å². The number of allylic oxidation sites excluding steroid dienone is 2. The van der Waals surface area contributed by atoms with Crippen molar-refractivity contribution in [1.29, 1.82) is 0 Å². The standard InChI is InChI=1S/C9H15N3O/c1-6-3-4-8(5-6)7(2)11-12-9(10)13/h5-6H,3-4H2,1-2H3,(H3,10,12,13)/b11-7+/t6-/m0/s1. The fraction of sp³-hybridized carbons (Fsp3) is 0.556. The normalized spacial score (nSPS) is 22.8. The molecule has 0 saturated carbocycles. The molecule has 0 aromatic rings. The van der Waals surface area contributed by atoms with E-state index in [1.165, 1.54) is 12.0 Å². The molecule has 1 aliphatic rings. The number of rotatable bonds is 2. The van der Waals surface area contributed by atoms with Crippen LogP contribution in [0.15, 0.2) is 16.8 Å². The number of nitrogens with two attached hydrogens (primary N) is 1. The van der Waals surface area contributed by atoms with E-state index in [-0.39, 0.29) is 0 Å². The predicted molar refractivity (Wildman–Crippen MR) is 52.3 cm³/mol. The summed E-state index contributed by atoms with van der Waals surface area (Å²) in [5.41, 5.74) is 9.17. The molecule has 3 N–H and O–H groups in total. The second-order valence-electron chi connectivity index (χ2n) is 3.38. The number of nitrogens with zero attached hydrogens (tertiary/aromatic N) is 1. The van der Waals surface area contributed by atoms with Crippen LogP contribution in [0.4, 0.5) is 4.79 Å². The zero-order valence-electron chi connectivity index (χ0n) is 8.00. The van der Waals surface area contributed by atoms with E-state index in [2.05, 4.69) is 23.5 Å². The molecule has 0 heterocycles. The molecule has 0 radical (unpaired) electrons. The monoisotopic (exact) mass is 181 g/mol. The number of nitrogens with one attached hydrogen (secondary N) is 1. The number of hydrogen-bond donors (Lipinski definition) is 2. The zero-order chi connectivity index (χ0) is 9.84. The number of primary amides is 1. The lowest BCUT2D eigenvalue weighted by Gasteiger charge is -1.99. The first-order chi connectivity index (χ1) is 6.09. The zero-order valence-corrected chi connectivity index (χ0v) is 8.00. The average molecular weight is 181 g/mol. The first kappa shape index (κ1) is 9.77. The molecule has 0 saturated heterocycles. The summed E-state index contributed by atoms with van der Waals surface area (Å²) in [6.07, 6.45) is 4.39. The molecule has 0 fully saturated rings. The summed E-state index contributed by atoms with van der Waals surface area (Å²) in [7, 11) is 0. The smallest absolute Gasteiger partial charge is 0.332 e. The molecule has 2 amide bonds. The van der Waals surface area contributed by atoms with E-state index >= 15 is 0 Å². The van der Waals surface area contributed by atoms with Crippen molar-refractivity contribution in [2.24, 2.45) is 16.8 Å². The van der Waals surface area contributed by atoms with Gasteiger partial charge in [0.2, 0.25) is 0 Å². The Morgan fingerprint density at radius 3 is 2.92 bits per heavy atom. The summed E-state index contributed by atoms with van der Waals surface area (Å²) in [5.74, 6) is 0.619. The van der Waals surface area contributed by atoms with Gasteiger partial charge in [0.25, 0.3) is 0 Å². The number of carbonyl (C=O) groups excluding carboxylic acids is 1. The lowest BCUT2D eigenvalue weighted by Crippen LogP contribution is -2.25. The fourth-order valence-corrected chi connectivity index (χ4v) is 1.41. The van der Waals surface area contributed by atoms with Gasteiger partial charge in [-0.1, -0.05) is 13.0 Å². The van der Waals surface area contributed by atoms with E-state index in [9.17, 15) is 4.79 Å². The van der Waals surface area contributed by atoms with Crippen LogP contribution in [-0.2, 0) is 0 Å². The Bertz CT molecular complexity index is 268. The molecular formula is C9H15N3O. The maximum absolute atomic E-state index is 10.4. The maximum atomic E-state index is 10.4. The minimum atomic E-state index is -0.619. The number of hydrogen-bond acceptors (Lipinski definition) is 2. The van der Waals surface area contributed by atoms with Gasteiger partial charge < -0.3 is 5.73 Å². The molecule has 1 rings (SSSR count). The van der Waals surface area contributed by atoms with E-state index in [0.717, 1.165) is 12.1 Å². The second kappa shape index (κ2) is 4.07. The molecular weight excluding hydrogens is 166 g/mol. The Labute approximate surface area is 77.9 Å². The van der Waals surface area contributed by atoms with Crippen LogP contribution in [0.3, 0.4) is 0 Å². The molecule has 0 unspecified atom stereocenters. The highest BCUT2D eigenvalue weighted by molar-refractivity contribution is 5.99. The highest BCUT2D eigenvalue weighted by Crippen LogP contribution is 2.24. The highest BCUT2D eigenvalue weighted by atomic mass is 16.2. The Balaban J connectivity index is 2.57. The third kappa shape index (κ3) is 2.89. The van der Waals surface area contributed by atoms with Crippen LogP contribution in [-0.4, -0.2) is 11.7 Å². The molecule has 1 aliphatic carbocycles. The van der Waals surface area contributed by atoms with Crippen molar-refractivity contribution in [3.63, 3.8) is 0 Å². The van der Waals surface area contributed by atoms with Crippen molar-refractivity contribution in [2.75, 3.05) is 0 Å². The van der Waals surface area contributed by atoms with Gasteiger partial charge in [-0.05, 0) is 31.3 Å². The Hall–Kier alpha value is -1.32. The van der Waals surface area contributed by atoms with Crippen molar-refractivity contribution in [3.05, 3.63) is 11.6 Å².